The fourth-order valence-electron chi connectivity index (χ4n) is 3.63. The first-order valence-corrected chi connectivity index (χ1v) is 12.1. The van der Waals surface area contributed by atoms with Gasteiger partial charge in [0.2, 0.25) is 0 Å². The number of thioether (sulfide) groups is 1. The Morgan fingerprint density at radius 2 is 1.91 bits per heavy atom. The molecule has 0 aliphatic heterocycles. The average molecular weight is 482 g/mol. The number of benzene rings is 2. The van der Waals surface area contributed by atoms with E-state index in [4.69, 9.17) is 4.42 Å². The van der Waals surface area contributed by atoms with Crippen molar-refractivity contribution in [2.75, 3.05) is 0 Å². The number of furan rings is 1. The van der Waals surface area contributed by atoms with Crippen LogP contribution < -0.4 is 5.32 Å². The van der Waals surface area contributed by atoms with Gasteiger partial charge < -0.3 is 9.73 Å². The Kier molecular flexibility index (Phi) is 6.72. The molecule has 0 saturated heterocycles. The number of carbonyl (C=O) groups is 1. The topological polar surface area (TPSA) is 85.8 Å². The lowest BCUT2D eigenvalue weighted by atomic mass is 10.1. The monoisotopic (exact) mass is 481 g/mol. The maximum atomic E-state index is 12.4. The largest absolute Gasteiger partial charge is 0.467 e. The Labute approximate surface area is 207 Å². The SMILES string of the molecule is Cc1cccc(-n2c(SCc3ccc(C(=O)NCc4ccco4)cc3)nnc2-c2cccnc2)c1. The van der Waals surface area contributed by atoms with Crippen molar-refractivity contribution in [2.24, 2.45) is 0 Å². The first kappa shape index (κ1) is 22.6. The molecule has 174 valence electrons. The van der Waals surface area contributed by atoms with E-state index in [0.29, 0.717) is 17.9 Å². The molecule has 0 unspecified atom stereocenters. The van der Waals surface area contributed by atoms with Gasteiger partial charge in [-0.25, -0.2) is 0 Å². The zero-order valence-electron chi connectivity index (χ0n) is 19.1. The van der Waals surface area contributed by atoms with Gasteiger partial charge in [-0.05, 0) is 66.6 Å². The summed E-state index contributed by atoms with van der Waals surface area (Å²) in [4.78, 5) is 16.7. The molecule has 0 bridgehead atoms. The van der Waals surface area contributed by atoms with Gasteiger partial charge in [0.1, 0.15) is 5.76 Å². The van der Waals surface area contributed by atoms with Gasteiger partial charge in [-0.1, -0.05) is 36.0 Å². The molecule has 0 atom stereocenters. The molecule has 0 fully saturated rings. The van der Waals surface area contributed by atoms with Crippen molar-refractivity contribution in [2.45, 2.75) is 24.4 Å². The quantitative estimate of drug-likeness (QED) is 0.297. The lowest BCUT2D eigenvalue weighted by Crippen LogP contribution is -2.22. The molecule has 2 aromatic carbocycles. The second kappa shape index (κ2) is 10.4. The minimum atomic E-state index is -0.138. The number of nitrogens with one attached hydrogen (secondary N) is 1. The van der Waals surface area contributed by atoms with Crippen molar-refractivity contribution in [3.05, 3.63) is 114 Å². The van der Waals surface area contributed by atoms with Crippen LogP contribution in [0.3, 0.4) is 0 Å². The molecule has 0 aliphatic carbocycles. The molecule has 5 aromatic rings. The minimum absolute atomic E-state index is 0.138. The third-order valence-corrected chi connectivity index (χ3v) is 6.40. The standard InChI is InChI=1S/C27H23N5O2S/c1-19-5-2-7-23(15-19)32-25(22-6-3-13-28-16-22)30-31-27(32)35-18-20-9-11-21(12-10-20)26(33)29-17-24-8-4-14-34-24/h2-16H,17-18H2,1H3,(H,29,33). The fourth-order valence-corrected chi connectivity index (χ4v) is 4.54. The summed E-state index contributed by atoms with van der Waals surface area (Å²) in [5.74, 6) is 2.01. The third-order valence-electron chi connectivity index (χ3n) is 5.40. The Bertz CT molecular complexity index is 1410. The number of nitrogens with zero attached hydrogens (tertiary/aromatic N) is 4. The fraction of sp³-hybridized carbons (Fsp3) is 0.111. The van der Waals surface area contributed by atoms with Crippen LogP contribution in [0.15, 0.2) is 101 Å². The lowest BCUT2D eigenvalue weighted by molar-refractivity contribution is 0.0948. The highest BCUT2D eigenvalue weighted by molar-refractivity contribution is 7.98. The molecule has 8 heteroatoms. The van der Waals surface area contributed by atoms with Crippen LogP contribution in [0.1, 0.15) is 27.2 Å². The van der Waals surface area contributed by atoms with Crippen molar-refractivity contribution in [1.29, 1.82) is 0 Å². The van der Waals surface area contributed by atoms with Gasteiger partial charge in [-0.3, -0.25) is 14.3 Å². The van der Waals surface area contributed by atoms with Crippen molar-refractivity contribution < 1.29 is 9.21 Å². The van der Waals surface area contributed by atoms with E-state index < -0.39 is 0 Å². The molecular weight excluding hydrogens is 458 g/mol. The molecule has 3 aromatic heterocycles. The smallest absolute Gasteiger partial charge is 0.251 e. The number of hydrogen-bond acceptors (Lipinski definition) is 6. The summed E-state index contributed by atoms with van der Waals surface area (Å²) in [7, 11) is 0. The Hall–Kier alpha value is -4.17. The molecule has 1 amide bonds. The molecule has 5 rings (SSSR count). The second-order valence-corrected chi connectivity index (χ2v) is 8.91. The normalized spacial score (nSPS) is 10.9. The van der Waals surface area contributed by atoms with E-state index in [1.807, 2.05) is 48.5 Å². The molecule has 1 N–H and O–H groups in total. The number of carbonyl (C=O) groups excluding carboxylic acids is 1. The number of aromatic nitrogens is 4. The highest BCUT2D eigenvalue weighted by Gasteiger charge is 2.17. The van der Waals surface area contributed by atoms with Crippen LogP contribution in [0.4, 0.5) is 0 Å². The van der Waals surface area contributed by atoms with E-state index in [2.05, 4.69) is 50.2 Å². The Balaban J connectivity index is 1.32. The molecule has 3 heterocycles. The van der Waals surface area contributed by atoms with Gasteiger partial charge >= 0.3 is 0 Å². The summed E-state index contributed by atoms with van der Waals surface area (Å²) in [5, 5.41) is 12.6. The zero-order valence-corrected chi connectivity index (χ0v) is 19.9. The van der Waals surface area contributed by atoms with Crippen LogP contribution in [0.25, 0.3) is 17.1 Å². The van der Waals surface area contributed by atoms with Crippen molar-refractivity contribution in [3.8, 4) is 17.1 Å². The highest BCUT2D eigenvalue weighted by Crippen LogP contribution is 2.29. The summed E-state index contributed by atoms with van der Waals surface area (Å²) in [6.45, 7) is 2.42. The first-order chi connectivity index (χ1) is 17.2. The van der Waals surface area contributed by atoms with Crippen LogP contribution in [0, 0.1) is 6.92 Å². The van der Waals surface area contributed by atoms with E-state index in [9.17, 15) is 4.79 Å². The molecule has 7 nitrogen and oxygen atoms in total. The van der Waals surface area contributed by atoms with Gasteiger partial charge in [0.15, 0.2) is 11.0 Å². The van der Waals surface area contributed by atoms with Crippen LogP contribution in [0.2, 0.25) is 0 Å². The number of aryl methyl sites for hydroxylation is 1. The number of hydrogen-bond donors (Lipinski definition) is 1. The predicted octanol–water partition coefficient (Wildman–Crippen LogP) is 5.45. The molecular formula is C27H23N5O2S. The minimum Gasteiger partial charge on any atom is -0.467 e. The van der Waals surface area contributed by atoms with Gasteiger partial charge in [0.25, 0.3) is 5.91 Å². The lowest BCUT2D eigenvalue weighted by Gasteiger charge is -2.11. The summed E-state index contributed by atoms with van der Waals surface area (Å²) >= 11 is 1.60. The van der Waals surface area contributed by atoms with Crippen molar-refractivity contribution >= 4 is 17.7 Å². The van der Waals surface area contributed by atoms with Crippen LogP contribution in [0.5, 0.6) is 0 Å². The zero-order chi connectivity index (χ0) is 24.0. The number of pyridine rings is 1. The summed E-state index contributed by atoms with van der Waals surface area (Å²) in [6.07, 6.45) is 5.13. The Morgan fingerprint density at radius 1 is 1.03 bits per heavy atom. The predicted molar refractivity (Wildman–Crippen MR) is 135 cm³/mol. The van der Waals surface area contributed by atoms with Crippen molar-refractivity contribution in [3.63, 3.8) is 0 Å². The molecule has 35 heavy (non-hydrogen) atoms. The maximum absolute atomic E-state index is 12.4. The third kappa shape index (κ3) is 5.33. The summed E-state index contributed by atoms with van der Waals surface area (Å²) in [6, 6.07) is 23.4. The van der Waals surface area contributed by atoms with Gasteiger partial charge in [-0.15, -0.1) is 10.2 Å². The van der Waals surface area contributed by atoms with Crippen LogP contribution in [-0.4, -0.2) is 25.7 Å². The molecule has 0 spiro atoms. The number of amides is 1. The summed E-state index contributed by atoms with van der Waals surface area (Å²) < 4.78 is 7.32. The van der Waals surface area contributed by atoms with Crippen LogP contribution in [-0.2, 0) is 12.3 Å². The van der Waals surface area contributed by atoms with Crippen LogP contribution >= 0.6 is 11.8 Å². The van der Waals surface area contributed by atoms with Gasteiger partial charge in [0.05, 0.1) is 12.8 Å². The van der Waals surface area contributed by atoms with E-state index in [1.165, 1.54) is 0 Å². The maximum Gasteiger partial charge on any atom is 0.251 e. The summed E-state index contributed by atoms with van der Waals surface area (Å²) in [5.41, 5.74) is 4.75. The molecule has 0 aliphatic rings. The average Bonchev–Trinajstić information content (AvgIpc) is 3.57. The Morgan fingerprint density at radius 3 is 2.66 bits per heavy atom. The van der Waals surface area contributed by atoms with Gasteiger partial charge in [0, 0.05) is 35.0 Å². The van der Waals surface area contributed by atoms with E-state index in [-0.39, 0.29) is 5.91 Å². The second-order valence-electron chi connectivity index (χ2n) is 7.97. The number of rotatable bonds is 8. The molecule has 0 saturated carbocycles. The van der Waals surface area contributed by atoms with E-state index in [0.717, 1.165) is 39.1 Å². The molecule has 0 radical (unpaired) electrons. The van der Waals surface area contributed by atoms with Crippen molar-refractivity contribution in [1.82, 2.24) is 25.1 Å². The van der Waals surface area contributed by atoms with E-state index >= 15 is 0 Å². The first-order valence-electron chi connectivity index (χ1n) is 11.1. The van der Waals surface area contributed by atoms with Gasteiger partial charge in [-0.2, -0.15) is 0 Å². The highest BCUT2D eigenvalue weighted by atomic mass is 32.2. The van der Waals surface area contributed by atoms with E-state index in [1.54, 1.807) is 36.5 Å².